The standard InChI is InChI=1S/C24H33NO5/c1-18(26)15-30-19(2)16-29-17-22(14-21-8-11-23(27)12-9-21)25-24(28)13-10-20-6-4-3-5-7-20/h3-9,11-12,18-19,22,26-27H,10,13-17H2,1-2H3,(H,25,28)/t18?,19-,22+/m0/s1. The maximum absolute atomic E-state index is 12.5. The van der Waals surface area contributed by atoms with Gasteiger partial charge in [0.05, 0.1) is 38.1 Å². The fourth-order valence-electron chi connectivity index (χ4n) is 3.00. The fourth-order valence-corrected chi connectivity index (χ4v) is 3.00. The second-order valence-electron chi connectivity index (χ2n) is 7.65. The van der Waals surface area contributed by atoms with Gasteiger partial charge in [-0.2, -0.15) is 0 Å². The van der Waals surface area contributed by atoms with Crippen LogP contribution in [0.5, 0.6) is 5.75 Å². The van der Waals surface area contributed by atoms with Crippen LogP contribution in [0.2, 0.25) is 0 Å². The van der Waals surface area contributed by atoms with Gasteiger partial charge in [0.2, 0.25) is 5.91 Å². The summed E-state index contributed by atoms with van der Waals surface area (Å²) in [5.41, 5.74) is 2.13. The first kappa shape index (κ1) is 23.9. The third-order valence-electron chi connectivity index (χ3n) is 4.56. The number of ether oxygens (including phenoxy) is 2. The van der Waals surface area contributed by atoms with Gasteiger partial charge >= 0.3 is 0 Å². The Morgan fingerprint density at radius 2 is 1.67 bits per heavy atom. The zero-order chi connectivity index (χ0) is 21.8. The number of rotatable bonds is 13. The molecule has 30 heavy (non-hydrogen) atoms. The number of carbonyl (C=O) groups excluding carboxylic acids is 1. The van der Waals surface area contributed by atoms with Gasteiger partial charge in [-0.3, -0.25) is 4.79 Å². The second-order valence-corrected chi connectivity index (χ2v) is 7.65. The van der Waals surface area contributed by atoms with Gasteiger partial charge in [-0.05, 0) is 49.9 Å². The van der Waals surface area contributed by atoms with E-state index >= 15 is 0 Å². The molecule has 3 atom stereocenters. The topological polar surface area (TPSA) is 88.0 Å². The molecule has 0 heterocycles. The third kappa shape index (κ3) is 9.87. The van der Waals surface area contributed by atoms with E-state index < -0.39 is 6.10 Å². The number of carbonyl (C=O) groups is 1. The van der Waals surface area contributed by atoms with Crippen molar-refractivity contribution in [3.8, 4) is 5.75 Å². The van der Waals surface area contributed by atoms with E-state index in [1.54, 1.807) is 19.1 Å². The number of aryl methyl sites for hydroxylation is 1. The lowest BCUT2D eigenvalue weighted by Gasteiger charge is -2.21. The predicted octanol–water partition coefficient (Wildman–Crippen LogP) is 2.85. The van der Waals surface area contributed by atoms with E-state index in [0.717, 1.165) is 11.1 Å². The fraction of sp³-hybridized carbons (Fsp3) is 0.458. The van der Waals surface area contributed by atoms with E-state index in [-0.39, 0.29) is 30.4 Å². The number of benzene rings is 2. The summed E-state index contributed by atoms with van der Waals surface area (Å²) in [5, 5.41) is 21.8. The number of hydrogen-bond acceptors (Lipinski definition) is 5. The van der Waals surface area contributed by atoms with Crippen LogP contribution in [0.1, 0.15) is 31.4 Å². The number of aliphatic hydroxyl groups excluding tert-OH is 1. The Hall–Kier alpha value is -2.41. The molecule has 0 spiro atoms. The van der Waals surface area contributed by atoms with E-state index in [9.17, 15) is 15.0 Å². The van der Waals surface area contributed by atoms with Gasteiger partial charge in [0, 0.05) is 6.42 Å². The Labute approximate surface area is 178 Å². The van der Waals surface area contributed by atoms with Gasteiger partial charge in [0.1, 0.15) is 5.75 Å². The van der Waals surface area contributed by atoms with Crippen LogP contribution in [0, 0.1) is 0 Å². The van der Waals surface area contributed by atoms with Crippen LogP contribution >= 0.6 is 0 Å². The van der Waals surface area contributed by atoms with E-state index in [1.165, 1.54) is 0 Å². The highest BCUT2D eigenvalue weighted by molar-refractivity contribution is 5.76. The smallest absolute Gasteiger partial charge is 0.220 e. The van der Waals surface area contributed by atoms with E-state index in [4.69, 9.17) is 9.47 Å². The lowest BCUT2D eigenvalue weighted by Crippen LogP contribution is -2.40. The molecule has 1 amide bonds. The molecule has 0 bridgehead atoms. The molecule has 1 unspecified atom stereocenters. The Kier molecular flexibility index (Phi) is 10.3. The highest BCUT2D eigenvalue weighted by atomic mass is 16.5. The van der Waals surface area contributed by atoms with Crippen LogP contribution in [-0.2, 0) is 27.1 Å². The Bertz CT molecular complexity index is 733. The van der Waals surface area contributed by atoms with Crippen LogP contribution in [0.15, 0.2) is 54.6 Å². The monoisotopic (exact) mass is 415 g/mol. The summed E-state index contributed by atoms with van der Waals surface area (Å²) in [7, 11) is 0. The van der Waals surface area contributed by atoms with Crippen LogP contribution < -0.4 is 5.32 Å². The highest BCUT2D eigenvalue weighted by Crippen LogP contribution is 2.12. The van der Waals surface area contributed by atoms with E-state index in [2.05, 4.69) is 5.32 Å². The number of amides is 1. The lowest BCUT2D eigenvalue weighted by atomic mass is 10.1. The number of aliphatic hydroxyl groups is 1. The SMILES string of the molecule is CC(O)CO[C@@H](C)COC[C@@H](Cc1ccc(O)cc1)NC(=O)CCc1ccccc1. The van der Waals surface area contributed by atoms with Crippen molar-refractivity contribution in [3.05, 3.63) is 65.7 Å². The summed E-state index contributed by atoms with van der Waals surface area (Å²) < 4.78 is 11.3. The van der Waals surface area contributed by atoms with Crippen molar-refractivity contribution >= 4 is 5.91 Å². The Balaban J connectivity index is 1.86. The molecule has 0 aliphatic heterocycles. The van der Waals surface area contributed by atoms with Gasteiger partial charge < -0.3 is 25.0 Å². The maximum Gasteiger partial charge on any atom is 0.220 e. The Morgan fingerprint density at radius 3 is 2.33 bits per heavy atom. The van der Waals surface area contributed by atoms with Gasteiger partial charge in [-0.1, -0.05) is 42.5 Å². The van der Waals surface area contributed by atoms with Gasteiger partial charge in [-0.15, -0.1) is 0 Å². The molecular formula is C24H33NO5. The highest BCUT2D eigenvalue weighted by Gasteiger charge is 2.15. The molecule has 0 saturated carbocycles. The molecule has 164 valence electrons. The van der Waals surface area contributed by atoms with E-state index in [0.29, 0.717) is 32.5 Å². The zero-order valence-electron chi connectivity index (χ0n) is 17.8. The lowest BCUT2D eigenvalue weighted by molar-refractivity contribution is -0.122. The average Bonchev–Trinajstić information content (AvgIpc) is 2.73. The first-order valence-corrected chi connectivity index (χ1v) is 10.4. The van der Waals surface area contributed by atoms with Crippen molar-refractivity contribution < 1.29 is 24.5 Å². The number of phenols is 1. The summed E-state index contributed by atoms with van der Waals surface area (Å²) in [5.74, 6) is 0.187. The molecule has 3 N–H and O–H groups in total. The van der Waals surface area contributed by atoms with Crippen molar-refractivity contribution in [1.82, 2.24) is 5.32 Å². The Morgan fingerprint density at radius 1 is 0.967 bits per heavy atom. The molecule has 0 saturated heterocycles. The van der Waals surface area contributed by atoms with Crippen LogP contribution in [0.25, 0.3) is 0 Å². The summed E-state index contributed by atoms with van der Waals surface area (Å²) in [6.45, 7) is 4.54. The minimum Gasteiger partial charge on any atom is -0.508 e. The molecule has 0 aliphatic carbocycles. The molecule has 2 aromatic rings. The molecule has 2 aromatic carbocycles. The van der Waals surface area contributed by atoms with Crippen LogP contribution in [0.3, 0.4) is 0 Å². The molecule has 0 radical (unpaired) electrons. The first-order valence-electron chi connectivity index (χ1n) is 10.4. The summed E-state index contributed by atoms with van der Waals surface area (Å²) >= 11 is 0. The molecule has 0 fully saturated rings. The molecule has 2 rings (SSSR count). The predicted molar refractivity (Wildman–Crippen MR) is 116 cm³/mol. The minimum absolute atomic E-state index is 0.0235. The summed E-state index contributed by atoms with van der Waals surface area (Å²) in [4.78, 5) is 12.5. The zero-order valence-corrected chi connectivity index (χ0v) is 17.8. The number of hydrogen-bond donors (Lipinski definition) is 3. The van der Waals surface area contributed by atoms with Crippen molar-refractivity contribution in [1.29, 1.82) is 0 Å². The van der Waals surface area contributed by atoms with E-state index in [1.807, 2.05) is 49.4 Å². The van der Waals surface area contributed by atoms with Crippen molar-refractivity contribution in [2.24, 2.45) is 0 Å². The third-order valence-corrected chi connectivity index (χ3v) is 4.56. The first-order chi connectivity index (χ1) is 14.4. The molecule has 6 heteroatoms. The van der Waals surface area contributed by atoms with Crippen molar-refractivity contribution in [3.63, 3.8) is 0 Å². The van der Waals surface area contributed by atoms with Crippen LogP contribution in [0.4, 0.5) is 0 Å². The van der Waals surface area contributed by atoms with Gasteiger partial charge in [0.15, 0.2) is 0 Å². The quantitative estimate of drug-likeness (QED) is 0.468. The normalized spacial score (nSPS) is 14.1. The molecular weight excluding hydrogens is 382 g/mol. The number of nitrogens with one attached hydrogen (secondary N) is 1. The van der Waals surface area contributed by atoms with Crippen molar-refractivity contribution in [2.45, 2.75) is 51.4 Å². The van der Waals surface area contributed by atoms with Gasteiger partial charge in [-0.25, -0.2) is 0 Å². The summed E-state index contributed by atoms with van der Waals surface area (Å²) in [6, 6.07) is 16.7. The summed E-state index contributed by atoms with van der Waals surface area (Å²) in [6.07, 6.45) is 1.02. The van der Waals surface area contributed by atoms with Crippen molar-refractivity contribution in [2.75, 3.05) is 19.8 Å². The largest absolute Gasteiger partial charge is 0.508 e. The van der Waals surface area contributed by atoms with Crippen LogP contribution in [-0.4, -0.2) is 54.2 Å². The average molecular weight is 416 g/mol. The number of aromatic hydroxyl groups is 1. The maximum atomic E-state index is 12.5. The number of phenolic OH excluding ortho intramolecular Hbond substituents is 1. The van der Waals surface area contributed by atoms with Gasteiger partial charge in [0.25, 0.3) is 0 Å². The molecule has 0 aliphatic rings. The minimum atomic E-state index is -0.515. The molecule has 0 aromatic heterocycles. The molecule has 6 nitrogen and oxygen atoms in total. The second kappa shape index (κ2) is 13.0.